The highest BCUT2D eigenvalue weighted by atomic mass is 16.5. The largest absolute Gasteiger partial charge is 0.370 e. The van der Waals surface area contributed by atoms with Crippen LogP contribution in [0.5, 0.6) is 0 Å². The van der Waals surface area contributed by atoms with Crippen molar-refractivity contribution in [1.82, 2.24) is 20.1 Å². The number of rotatable bonds is 8. The van der Waals surface area contributed by atoms with Crippen LogP contribution in [0.3, 0.4) is 0 Å². The molecule has 0 bridgehead atoms. The zero-order chi connectivity index (χ0) is 14.2. The predicted molar refractivity (Wildman–Crippen MR) is 76.7 cm³/mol. The molecule has 2 heterocycles. The van der Waals surface area contributed by atoms with E-state index in [0.29, 0.717) is 18.9 Å². The normalized spacial score (nSPS) is 10.5. The third-order valence-corrected chi connectivity index (χ3v) is 2.66. The van der Waals surface area contributed by atoms with Crippen LogP contribution < -0.4 is 10.6 Å². The van der Waals surface area contributed by atoms with Crippen molar-refractivity contribution >= 4 is 11.6 Å². The molecule has 2 rings (SSSR count). The van der Waals surface area contributed by atoms with Gasteiger partial charge in [-0.1, -0.05) is 12.1 Å². The number of aryl methyl sites for hydroxylation is 1. The Morgan fingerprint density at radius 2 is 1.90 bits per heavy atom. The zero-order valence-electron chi connectivity index (χ0n) is 11.9. The lowest BCUT2D eigenvalue weighted by molar-refractivity contribution is 0.379. The van der Waals surface area contributed by atoms with Crippen LogP contribution in [0.1, 0.15) is 32.0 Å². The summed E-state index contributed by atoms with van der Waals surface area (Å²) in [6, 6.07) is 1.91. The van der Waals surface area contributed by atoms with Gasteiger partial charge >= 0.3 is 0 Å². The number of hydrogen-bond donors (Lipinski definition) is 2. The quantitative estimate of drug-likeness (QED) is 0.761. The van der Waals surface area contributed by atoms with E-state index in [4.69, 9.17) is 4.52 Å². The molecule has 2 aromatic heterocycles. The van der Waals surface area contributed by atoms with Crippen LogP contribution in [0.15, 0.2) is 16.9 Å². The fourth-order valence-corrected chi connectivity index (χ4v) is 1.80. The first kappa shape index (κ1) is 14.2. The van der Waals surface area contributed by atoms with E-state index in [-0.39, 0.29) is 0 Å². The molecule has 20 heavy (non-hydrogen) atoms. The summed E-state index contributed by atoms with van der Waals surface area (Å²) in [7, 11) is 0. The van der Waals surface area contributed by atoms with Crippen molar-refractivity contribution < 1.29 is 4.52 Å². The number of nitrogens with zero attached hydrogens (tertiary/aromatic N) is 4. The van der Waals surface area contributed by atoms with Crippen molar-refractivity contribution in [3.05, 3.63) is 24.1 Å². The van der Waals surface area contributed by atoms with E-state index in [9.17, 15) is 0 Å². The molecule has 0 radical (unpaired) electrons. The maximum absolute atomic E-state index is 4.95. The molecule has 0 amide bonds. The number of aromatic nitrogens is 4. The molecular formula is C13H20N6O. The van der Waals surface area contributed by atoms with E-state index in [1.807, 2.05) is 13.0 Å². The van der Waals surface area contributed by atoms with Crippen molar-refractivity contribution in [3.63, 3.8) is 0 Å². The molecule has 0 fully saturated rings. The molecule has 0 aromatic carbocycles. The molecule has 0 saturated heterocycles. The maximum atomic E-state index is 4.95. The van der Waals surface area contributed by atoms with E-state index in [0.717, 1.165) is 36.8 Å². The monoisotopic (exact) mass is 276 g/mol. The Balaban J connectivity index is 1.97. The lowest BCUT2D eigenvalue weighted by atomic mass is 10.3. The molecule has 2 aromatic rings. The molecule has 7 heteroatoms. The summed E-state index contributed by atoms with van der Waals surface area (Å²) in [5.74, 6) is 3.14. The fraction of sp³-hybridized carbons (Fsp3) is 0.538. The molecule has 0 aliphatic carbocycles. The SMILES string of the molecule is CCCc1nc(NCC)cc(NCCc2ncno2)n1. The first-order valence-corrected chi connectivity index (χ1v) is 6.93. The van der Waals surface area contributed by atoms with Crippen LogP contribution >= 0.6 is 0 Å². The average Bonchev–Trinajstić information content (AvgIpc) is 2.92. The van der Waals surface area contributed by atoms with Crippen LogP contribution in [-0.4, -0.2) is 33.2 Å². The second-order valence-corrected chi connectivity index (χ2v) is 4.35. The first-order valence-electron chi connectivity index (χ1n) is 6.93. The van der Waals surface area contributed by atoms with E-state index in [1.165, 1.54) is 6.33 Å². The highest BCUT2D eigenvalue weighted by Gasteiger charge is 2.04. The molecule has 0 aliphatic heterocycles. The highest BCUT2D eigenvalue weighted by molar-refractivity contribution is 5.47. The Morgan fingerprint density at radius 1 is 1.10 bits per heavy atom. The number of anilines is 2. The van der Waals surface area contributed by atoms with Gasteiger partial charge in [0.25, 0.3) is 0 Å². The van der Waals surface area contributed by atoms with Crippen LogP contribution in [0, 0.1) is 0 Å². The Labute approximate surface area is 118 Å². The summed E-state index contributed by atoms with van der Waals surface area (Å²) >= 11 is 0. The standard InChI is InChI=1S/C13H20N6O/c1-3-5-10-18-11(14-4-2)8-12(19-10)15-7-6-13-16-9-17-20-13/h8-9H,3-7H2,1-2H3,(H2,14,15,18,19). The third-order valence-electron chi connectivity index (χ3n) is 2.66. The second-order valence-electron chi connectivity index (χ2n) is 4.35. The molecule has 0 saturated carbocycles. The van der Waals surface area contributed by atoms with Crippen LogP contribution in [0.25, 0.3) is 0 Å². The van der Waals surface area contributed by atoms with Gasteiger partial charge in [0.05, 0.1) is 0 Å². The first-order chi connectivity index (χ1) is 9.81. The van der Waals surface area contributed by atoms with Gasteiger partial charge in [-0.15, -0.1) is 0 Å². The van der Waals surface area contributed by atoms with Gasteiger partial charge in [-0.25, -0.2) is 9.97 Å². The summed E-state index contributed by atoms with van der Waals surface area (Å²) in [4.78, 5) is 12.9. The van der Waals surface area contributed by atoms with E-state index in [2.05, 4.69) is 37.7 Å². The van der Waals surface area contributed by atoms with Crippen molar-refractivity contribution in [2.75, 3.05) is 23.7 Å². The van der Waals surface area contributed by atoms with Crippen molar-refractivity contribution in [2.45, 2.75) is 33.1 Å². The summed E-state index contributed by atoms with van der Waals surface area (Å²) in [5, 5.41) is 10.1. The third kappa shape index (κ3) is 4.18. The minimum absolute atomic E-state index is 0.618. The summed E-state index contributed by atoms with van der Waals surface area (Å²) in [6.07, 6.45) is 3.97. The zero-order valence-corrected chi connectivity index (χ0v) is 11.9. The smallest absolute Gasteiger partial charge is 0.228 e. The maximum Gasteiger partial charge on any atom is 0.228 e. The predicted octanol–water partition coefficient (Wildman–Crippen LogP) is 1.90. The Hall–Kier alpha value is -2.18. The fourth-order valence-electron chi connectivity index (χ4n) is 1.80. The summed E-state index contributed by atoms with van der Waals surface area (Å²) in [6.45, 7) is 5.69. The molecule has 0 atom stereocenters. The second kappa shape index (κ2) is 7.42. The van der Waals surface area contributed by atoms with Crippen molar-refractivity contribution in [3.8, 4) is 0 Å². The van der Waals surface area contributed by atoms with Gasteiger partial charge in [0.15, 0.2) is 6.33 Å². The number of hydrogen-bond acceptors (Lipinski definition) is 7. The molecule has 108 valence electrons. The van der Waals surface area contributed by atoms with Gasteiger partial charge in [0, 0.05) is 32.0 Å². The van der Waals surface area contributed by atoms with E-state index >= 15 is 0 Å². The Kier molecular flexibility index (Phi) is 5.28. The van der Waals surface area contributed by atoms with Gasteiger partial charge in [-0.05, 0) is 13.3 Å². The van der Waals surface area contributed by atoms with Gasteiger partial charge in [-0.2, -0.15) is 4.98 Å². The topological polar surface area (TPSA) is 88.8 Å². The minimum atomic E-state index is 0.618. The lowest BCUT2D eigenvalue weighted by Crippen LogP contribution is -2.10. The average molecular weight is 276 g/mol. The van der Waals surface area contributed by atoms with Crippen LogP contribution in [-0.2, 0) is 12.8 Å². The van der Waals surface area contributed by atoms with Crippen molar-refractivity contribution in [1.29, 1.82) is 0 Å². The lowest BCUT2D eigenvalue weighted by Gasteiger charge is -2.09. The highest BCUT2D eigenvalue weighted by Crippen LogP contribution is 2.12. The van der Waals surface area contributed by atoms with Gasteiger partial charge < -0.3 is 15.2 Å². The molecular weight excluding hydrogens is 256 g/mol. The Bertz CT molecular complexity index is 489. The van der Waals surface area contributed by atoms with Crippen LogP contribution in [0.2, 0.25) is 0 Å². The van der Waals surface area contributed by atoms with E-state index < -0.39 is 0 Å². The summed E-state index contributed by atoms with van der Waals surface area (Å²) < 4.78 is 4.95. The van der Waals surface area contributed by atoms with Crippen LogP contribution in [0.4, 0.5) is 11.6 Å². The molecule has 2 N–H and O–H groups in total. The minimum Gasteiger partial charge on any atom is -0.370 e. The molecule has 7 nitrogen and oxygen atoms in total. The molecule has 0 spiro atoms. The van der Waals surface area contributed by atoms with Gasteiger partial charge in [-0.3, -0.25) is 0 Å². The van der Waals surface area contributed by atoms with Crippen molar-refractivity contribution in [2.24, 2.45) is 0 Å². The van der Waals surface area contributed by atoms with Gasteiger partial charge in [0.1, 0.15) is 17.5 Å². The Morgan fingerprint density at radius 3 is 2.55 bits per heavy atom. The van der Waals surface area contributed by atoms with Gasteiger partial charge in [0.2, 0.25) is 5.89 Å². The molecule has 0 aliphatic rings. The summed E-state index contributed by atoms with van der Waals surface area (Å²) in [5.41, 5.74) is 0. The molecule has 0 unspecified atom stereocenters. The number of nitrogens with one attached hydrogen (secondary N) is 2. The van der Waals surface area contributed by atoms with E-state index in [1.54, 1.807) is 0 Å².